The number of aromatic amines is 1. The van der Waals surface area contributed by atoms with Crippen LogP contribution in [0.3, 0.4) is 0 Å². The molecule has 0 spiro atoms. The monoisotopic (exact) mass is 300 g/mol. The Morgan fingerprint density at radius 1 is 1.40 bits per heavy atom. The van der Waals surface area contributed by atoms with E-state index >= 15 is 0 Å². The van der Waals surface area contributed by atoms with Crippen LogP contribution in [0.25, 0.3) is 0 Å². The number of H-pyrrole nitrogens is 1. The number of sulfonamides is 1. The topological polar surface area (TPSA) is 86.9 Å². The van der Waals surface area contributed by atoms with E-state index in [1.165, 1.54) is 0 Å². The molecule has 1 aromatic rings. The lowest BCUT2D eigenvalue weighted by molar-refractivity contribution is 0.568. The first-order chi connectivity index (χ1) is 9.49. The summed E-state index contributed by atoms with van der Waals surface area (Å²) in [5, 5.41) is 10.1. The lowest BCUT2D eigenvalue weighted by Crippen LogP contribution is -2.29. The van der Waals surface area contributed by atoms with Crippen LogP contribution in [0.1, 0.15) is 44.4 Å². The Morgan fingerprint density at radius 3 is 2.75 bits per heavy atom. The smallest absolute Gasteiger partial charge is 0.260 e. The van der Waals surface area contributed by atoms with Crippen LogP contribution in [0.4, 0.5) is 0 Å². The van der Waals surface area contributed by atoms with Gasteiger partial charge in [0.05, 0.1) is 0 Å². The van der Waals surface area contributed by atoms with Gasteiger partial charge in [-0.2, -0.15) is 5.10 Å². The van der Waals surface area contributed by atoms with Gasteiger partial charge >= 0.3 is 0 Å². The lowest BCUT2D eigenvalue weighted by atomic mass is 10.2. The molecule has 2 rings (SSSR count). The second-order valence-electron chi connectivity index (χ2n) is 5.44. The van der Waals surface area contributed by atoms with Crippen molar-refractivity contribution in [1.29, 1.82) is 0 Å². The number of aryl methyl sites for hydroxylation is 1. The molecule has 1 fully saturated rings. The van der Waals surface area contributed by atoms with Crippen LogP contribution in [-0.2, 0) is 16.6 Å². The molecule has 0 bridgehead atoms. The Labute approximate surface area is 120 Å². The minimum Gasteiger partial charge on any atom is -0.313 e. The highest BCUT2D eigenvalue weighted by molar-refractivity contribution is 7.89. The minimum absolute atomic E-state index is 0.0819. The van der Waals surface area contributed by atoms with Crippen molar-refractivity contribution in [2.75, 3.05) is 6.54 Å². The molecule has 7 heteroatoms. The van der Waals surface area contributed by atoms with Crippen molar-refractivity contribution in [2.24, 2.45) is 5.92 Å². The van der Waals surface area contributed by atoms with Crippen molar-refractivity contribution < 1.29 is 8.42 Å². The number of hydrogen-bond acceptors (Lipinski definition) is 4. The normalized spacial score (nSPS) is 22.1. The zero-order valence-corrected chi connectivity index (χ0v) is 13.2. The molecule has 3 N–H and O–H groups in total. The third kappa shape index (κ3) is 3.39. The Bertz CT molecular complexity index is 553. The molecule has 1 saturated carbocycles. The molecule has 1 aliphatic rings. The fraction of sp³-hybridized carbons (Fsp3) is 0.769. The minimum atomic E-state index is -3.52. The van der Waals surface area contributed by atoms with Crippen LogP contribution in [0.5, 0.6) is 0 Å². The molecule has 20 heavy (non-hydrogen) atoms. The molecule has 2 unspecified atom stereocenters. The number of nitrogens with one attached hydrogen (secondary N) is 3. The van der Waals surface area contributed by atoms with Crippen molar-refractivity contribution in [1.82, 2.24) is 20.2 Å². The lowest BCUT2D eigenvalue weighted by Gasteiger charge is -2.07. The predicted octanol–water partition coefficient (Wildman–Crippen LogP) is 1.29. The molecule has 114 valence electrons. The van der Waals surface area contributed by atoms with Gasteiger partial charge in [-0.1, -0.05) is 20.3 Å². The summed E-state index contributed by atoms with van der Waals surface area (Å²) in [4.78, 5) is 0. The number of aromatic nitrogens is 2. The summed E-state index contributed by atoms with van der Waals surface area (Å²) in [6, 6.07) is 0.0819. The van der Waals surface area contributed by atoms with Crippen LogP contribution in [-0.4, -0.2) is 31.2 Å². The quantitative estimate of drug-likeness (QED) is 0.631. The number of rotatable bonds is 8. The third-order valence-corrected chi connectivity index (χ3v) is 5.23. The molecule has 0 aliphatic heterocycles. The van der Waals surface area contributed by atoms with E-state index in [1.807, 2.05) is 6.92 Å². The zero-order chi connectivity index (χ0) is 14.8. The van der Waals surface area contributed by atoms with Gasteiger partial charge in [0.2, 0.25) is 0 Å². The van der Waals surface area contributed by atoms with Gasteiger partial charge < -0.3 is 5.32 Å². The molecule has 0 amide bonds. The first kappa shape index (κ1) is 15.5. The number of hydrogen-bond donors (Lipinski definition) is 3. The molecule has 0 radical (unpaired) electrons. The maximum absolute atomic E-state index is 12.4. The Kier molecular flexibility index (Phi) is 4.82. The van der Waals surface area contributed by atoms with Crippen molar-refractivity contribution in [3.05, 3.63) is 11.3 Å². The van der Waals surface area contributed by atoms with Gasteiger partial charge in [0, 0.05) is 23.8 Å². The zero-order valence-electron chi connectivity index (χ0n) is 12.4. The largest absolute Gasteiger partial charge is 0.313 e. The van der Waals surface area contributed by atoms with E-state index in [-0.39, 0.29) is 11.1 Å². The van der Waals surface area contributed by atoms with E-state index in [4.69, 9.17) is 0 Å². The Balaban J connectivity index is 2.10. The molecular formula is C13H24N4O2S. The van der Waals surface area contributed by atoms with Gasteiger partial charge in [-0.05, 0) is 32.2 Å². The van der Waals surface area contributed by atoms with Crippen LogP contribution >= 0.6 is 0 Å². The first-order valence-corrected chi connectivity index (χ1v) is 8.74. The molecule has 0 aromatic carbocycles. The highest BCUT2D eigenvalue weighted by atomic mass is 32.2. The molecular weight excluding hydrogens is 276 g/mol. The summed E-state index contributed by atoms with van der Waals surface area (Å²) in [5.41, 5.74) is 1.54. The molecule has 1 aromatic heterocycles. The summed E-state index contributed by atoms with van der Waals surface area (Å²) in [5.74, 6) is 0.478. The van der Waals surface area contributed by atoms with Crippen LogP contribution in [0.15, 0.2) is 5.03 Å². The van der Waals surface area contributed by atoms with Gasteiger partial charge in [-0.25, -0.2) is 13.1 Å². The SMILES string of the molecule is CCCNCc1c(S(=O)(=O)NC2CC2CC)n[nH]c1C. The molecule has 1 aliphatic carbocycles. The van der Waals surface area contributed by atoms with Crippen LogP contribution in [0, 0.1) is 12.8 Å². The Morgan fingerprint density at radius 2 is 2.15 bits per heavy atom. The van der Waals surface area contributed by atoms with Crippen molar-refractivity contribution in [3.8, 4) is 0 Å². The van der Waals surface area contributed by atoms with E-state index < -0.39 is 10.0 Å². The first-order valence-electron chi connectivity index (χ1n) is 7.26. The molecule has 0 saturated heterocycles. The van der Waals surface area contributed by atoms with Gasteiger partial charge in [0.15, 0.2) is 5.03 Å². The van der Waals surface area contributed by atoms with Crippen molar-refractivity contribution >= 4 is 10.0 Å². The van der Waals surface area contributed by atoms with Crippen LogP contribution in [0.2, 0.25) is 0 Å². The maximum Gasteiger partial charge on any atom is 0.260 e. The second kappa shape index (κ2) is 6.24. The summed E-state index contributed by atoms with van der Waals surface area (Å²) >= 11 is 0. The highest BCUT2D eigenvalue weighted by Gasteiger charge is 2.39. The summed E-state index contributed by atoms with van der Waals surface area (Å²) < 4.78 is 27.5. The summed E-state index contributed by atoms with van der Waals surface area (Å²) in [6.07, 6.45) is 2.96. The molecule has 1 heterocycles. The summed E-state index contributed by atoms with van der Waals surface area (Å²) in [6.45, 7) is 7.39. The Hall–Kier alpha value is -0.920. The van der Waals surface area contributed by atoms with Gasteiger partial charge in [-0.15, -0.1) is 0 Å². The fourth-order valence-corrected chi connectivity index (χ4v) is 3.86. The van der Waals surface area contributed by atoms with E-state index in [0.717, 1.165) is 37.1 Å². The number of nitrogens with zero attached hydrogens (tertiary/aromatic N) is 1. The van der Waals surface area contributed by atoms with Crippen LogP contribution < -0.4 is 10.0 Å². The summed E-state index contributed by atoms with van der Waals surface area (Å²) in [7, 11) is -3.52. The van der Waals surface area contributed by atoms with Crippen molar-refractivity contribution in [2.45, 2.75) is 57.6 Å². The average molecular weight is 300 g/mol. The second-order valence-corrected chi connectivity index (χ2v) is 7.07. The predicted molar refractivity (Wildman–Crippen MR) is 77.8 cm³/mol. The maximum atomic E-state index is 12.4. The average Bonchev–Trinajstić information content (AvgIpc) is 3.03. The fourth-order valence-electron chi connectivity index (χ4n) is 2.35. The van der Waals surface area contributed by atoms with Gasteiger partial charge in [0.25, 0.3) is 10.0 Å². The molecule has 6 nitrogen and oxygen atoms in total. The van der Waals surface area contributed by atoms with Gasteiger partial charge in [-0.3, -0.25) is 5.10 Å². The van der Waals surface area contributed by atoms with E-state index in [0.29, 0.717) is 12.5 Å². The standard InChI is InChI=1S/C13H24N4O2S/c1-4-6-14-8-11-9(3)15-16-13(11)20(18,19)17-12-7-10(12)5-2/h10,12,14,17H,4-8H2,1-3H3,(H,15,16). The highest BCUT2D eigenvalue weighted by Crippen LogP contribution is 2.34. The van der Waals surface area contributed by atoms with E-state index in [2.05, 4.69) is 34.1 Å². The van der Waals surface area contributed by atoms with E-state index in [9.17, 15) is 8.42 Å². The third-order valence-electron chi connectivity index (χ3n) is 3.77. The molecule has 2 atom stereocenters. The van der Waals surface area contributed by atoms with E-state index in [1.54, 1.807) is 0 Å². The van der Waals surface area contributed by atoms with Gasteiger partial charge in [0.1, 0.15) is 0 Å². The van der Waals surface area contributed by atoms with Crippen molar-refractivity contribution in [3.63, 3.8) is 0 Å².